The van der Waals surface area contributed by atoms with E-state index in [4.69, 9.17) is 5.11 Å². The molecule has 4 nitrogen and oxygen atoms in total. The predicted octanol–water partition coefficient (Wildman–Crippen LogP) is 2.25. The molecule has 1 amide bonds. The zero-order valence-electron chi connectivity index (χ0n) is 11.2. The number of nitrogens with zero attached hydrogens (tertiary/aromatic N) is 1. The number of likely N-dealkylation sites (N-methyl/N-ethyl adjacent to an activating group) is 1. The van der Waals surface area contributed by atoms with Gasteiger partial charge in [0.1, 0.15) is 0 Å². The van der Waals surface area contributed by atoms with E-state index in [0.29, 0.717) is 13.0 Å². The maximum atomic E-state index is 12.3. The molecule has 1 N–H and O–H groups in total. The largest absolute Gasteiger partial charge is 0.481 e. The van der Waals surface area contributed by atoms with E-state index in [2.05, 4.69) is 11.4 Å². The van der Waals surface area contributed by atoms with Gasteiger partial charge in [-0.1, -0.05) is 0 Å². The summed E-state index contributed by atoms with van der Waals surface area (Å²) in [5.74, 6) is -1.62. The molecule has 1 fully saturated rings. The molecule has 2 rings (SSSR count). The minimum atomic E-state index is -0.847. The van der Waals surface area contributed by atoms with E-state index >= 15 is 0 Å². The van der Waals surface area contributed by atoms with Crippen molar-refractivity contribution in [3.63, 3.8) is 0 Å². The molecule has 1 aliphatic carbocycles. The van der Waals surface area contributed by atoms with Crippen molar-refractivity contribution >= 4 is 23.2 Å². The third-order valence-electron chi connectivity index (χ3n) is 3.69. The molecule has 1 heterocycles. The Balaban J connectivity index is 1.96. The lowest BCUT2D eigenvalue weighted by atomic mass is 10.1. The van der Waals surface area contributed by atoms with Crippen LogP contribution >= 0.6 is 11.3 Å². The first-order valence-corrected chi connectivity index (χ1v) is 7.53. The molecule has 0 saturated heterocycles. The summed E-state index contributed by atoms with van der Waals surface area (Å²) >= 11 is 1.65. The number of carbonyl (C=O) groups is 2. The van der Waals surface area contributed by atoms with Gasteiger partial charge in [-0.3, -0.25) is 9.59 Å². The zero-order valence-corrected chi connectivity index (χ0v) is 12.0. The monoisotopic (exact) mass is 281 g/mol. The number of hydrogen-bond donors (Lipinski definition) is 1. The first kappa shape index (κ1) is 14.1. The predicted molar refractivity (Wildman–Crippen MR) is 74.1 cm³/mol. The van der Waals surface area contributed by atoms with Crippen molar-refractivity contribution in [2.75, 3.05) is 6.54 Å². The summed E-state index contributed by atoms with van der Waals surface area (Å²) in [6.45, 7) is 4.60. The second kappa shape index (κ2) is 5.74. The molecular weight excluding hydrogens is 262 g/mol. The van der Waals surface area contributed by atoms with Gasteiger partial charge in [-0.2, -0.15) is 11.3 Å². The first-order chi connectivity index (χ1) is 9.04. The van der Waals surface area contributed by atoms with Gasteiger partial charge in [0.15, 0.2) is 0 Å². The highest BCUT2D eigenvalue weighted by Gasteiger charge is 2.50. The minimum Gasteiger partial charge on any atom is -0.481 e. The van der Waals surface area contributed by atoms with E-state index in [1.165, 1.54) is 5.56 Å². The maximum Gasteiger partial charge on any atom is 0.307 e. The van der Waals surface area contributed by atoms with Crippen molar-refractivity contribution in [3.8, 4) is 0 Å². The molecule has 5 heteroatoms. The Bertz CT molecular complexity index is 457. The molecule has 104 valence electrons. The van der Waals surface area contributed by atoms with Crippen LogP contribution in [0.15, 0.2) is 16.8 Å². The Hall–Kier alpha value is -1.36. The highest BCUT2D eigenvalue weighted by molar-refractivity contribution is 7.07. The third-order valence-corrected chi connectivity index (χ3v) is 4.42. The van der Waals surface area contributed by atoms with Gasteiger partial charge in [-0.15, -0.1) is 0 Å². The molecule has 3 unspecified atom stereocenters. The smallest absolute Gasteiger partial charge is 0.307 e. The fraction of sp³-hybridized carbons (Fsp3) is 0.571. The summed E-state index contributed by atoms with van der Waals surface area (Å²) in [6.07, 6.45) is 1.32. The third kappa shape index (κ3) is 3.15. The van der Waals surface area contributed by atoms with Crippen LogP contribution in [0.25, 0.3) is 0 Å². The lowest BCUT2D eigenvalue weighted by molar-refractivity contribution is -0.142. The minimum absolute atomic E-state index is 0.00219. The molecule has 1 aromatic rings. The highest BCUT2D eigenvalue weighted by atomic mass is 32.1. The van der Waals surface area contributed by atoms with Gasteiger partial charge in [0.25, 0.3) is 0 Å². The molecule has 0 radical (unpaired) electrons. The van der Waals surface area contributed by atoms with Gasteiger partial charge in [0.2, 0.25) is 5.91 Å². The first-order valence-electron chi connectivity index (χ1n) is 6.59. The van der Waals surface area contributed by atoms with Crippen LogP contribution < -0.4 is 0 Å². The summed E-state index contributed by atoms with van der Waals surface area (Å²) in [6, 6.07) is 2.18. The second-order valence-corrected chi connectivity index (χ2v) is 5.88. The standard InChI is InChI=1S/C14H19NO3S/c1-3-15(9(2)6-10-4-5-19-8-10)13(16)11-7-12(11)14(17)18/h4-5,8-9,11-12H,3,6-7H2,1-2H3,(H,17,18). The number of thiophene rings is 1. The van der Waals surface area contributed by atoms with Crippen LogP contribution in [0.2, 0.25) is 0 Å². The van der Waals surface area contributed by atoms with E-state index in [1.54, 1.807) is 11.3 Å². The number of carboxylic acid groups (broad SMARTS) is 1. The van der Waals surface area contributed by atoms with Gasteiger partial charge >= 0.3 is 5.97 Å². The SMILES string of the molecule is CCN(C(=O)C1CC1C(=O)O)C(C)Cc1ccsc1. The van der Waals surface area contributed by atoms with Crippen LogP contribution in [0.4, 0.5) is 0 Å². The van der Waals surface area contributed by atoms with Crippen molar-refractivity contribution in [1.82, 2.24) is 4.90 Å². The Labute approximate surface area is 117 Å². The van der Waals surface area contributed by atoms with Gasteiger partial charge in [-0.05, 0) is 49.1 Å². The van der Waals surface area contributed by atoms with Crippen molar-refractivity contribution < 1.29 is 14.7 Å². The number of carbonyl (C=O) groups excluding carboxylic acids is 1. The molecule has 19 heavy (non-hydrogen) atoms. The average molecular weight is 281 g/mol. The Morgan fingerprint density at radius 2 is 2.26 bits per heavy atom. The van der Waals surface area contributed by atoms with Crippen LogP contribution in [0, 0.1) is 11.8 Å². The lowest BCUT2D eigenvalue weighted by Gasteiger charge is -2.28. The number of amides is 1. The van der Waals surface area contributed by atoms with Crippen LogP contribution in [-0.2, 0) is 16.0 Å². The normalized spacial score (nSPS) is 22.8. The number of hydrogen-bond acceptors (Lipinski definition) is 3. The van der Waals surface area contributed by atoms with Crippen molar-refractivity contribution in [3.05, 3.63) is 22.4 Å². The van der Waals surface area contributed by atoms with E-state index in [9.17, 15) is 9.59 Å². The van der Waals surface area contributed by atoms with Crippen molar-refractivity contribution in [1.29, 1.82) is 0 Å². The molecule has 0 spiro atoms. The number of carboxylic acids is 1. The van der Waals surface area contributed by atoms with Crippen LogP contribution in [0.3, 0.4) is 0 Å². The van der Waals surface area contributed by atoms with E-state index < -0.39 is 11.9 Å². The second-order valence-electron chi connectivity index (χ2n) is 5.10. The molecule has 1 aromatic heterocycles. The molecule has 0 aliphatic heterocycles. The zero-order chi connectivity index (χ0) is 14.0. The summed E-state index contributed by atoms with van der Waals surface area (Å²) in [7, 11) is 0. The maximum absolute atomic E-state index is 12.3. The Kier molecular flexibility index (Phi) is 4.24. The lowest BCUT2D eigenvalue weighted by Crippen LogP contribution is -2.41. The fourth-order valence-electron chi connectivity index (χ4n) is 2.50. The van der Waals surface area contributed by atoms with E-state index in [0.717, 1.165) is 6.42 Å². The molecule has 1 saturated carbocycles. The average Bonchev–Trinajstić information content (AvgIpc) is 3.02. The van der Waals surface area contributed by atoms with Gasteiger partial charge < -0.3 is 10.0 Å². The van der Waals surface area contributed by atoms with Gasteiger partial charge in [0.05, 0.1) is 11.8 Å². The van der Waals surface area contributed by atoms with Crippen LogP contribution in [-0.4, -0.2) is 34.5 Å². The highest BCUT2D eigenvalue weighted by Crippen LogP contribution is 2.40. The summed E-state index contributed by atoms with van der Waals surface area (Å²) < 4.78 is 0. The topological polar surface area (TPSA) is 57.6 Å². The fourth-order valence-corrected chi connectivity index (χ4v) is 3.18. The quantitative estimate of drug-likeness (QED) is 0.870. The van der Waals surface area contributed by atoms with Crippen molar-refractivity contribution in [2.24, 2.45) is 11.8 Å². The molecule has 0 bridgehead atoms. The summed E-state index contributed by atoms with van der Waals surface area (Å²) in [5, 5.41) is 13.0. The van der Waals surface area contributed by atoms with Gasteiger partial charge in [-0.25, -0.2) is 0 Å². The van der Waals surface area contributed by atoms with Crippen molar-refractivity contribution in [2.45, 2.75) is 32.7 Å². The van der Waals surface area contributed by atoms with E-state index in [1.807, 2.05) is 24.1 Å². The molecule has 3 atom stereocenters. The number of rotatable bonds is 6. The van der Waals surface area contributed by atoms with Crippen LogP contribution in [0.1, 0.15) is 25.8 Å². The molecular formula is C14H19NO3S. The molecule has 0 aromatic carbocycles. The van der Waals surface area contributed by atoms with Gasteiger partial charge in [0, 0.05) is 12.6 Å². The Morgan fingerprint density at radius 3 is 2.74 bits per heavy atom. The summed E-state index contributed by atoms with van der Waals surface area (Å²) in [5.41, 5.74) is 1.23. The van der Waals surface area contributed by atoms with E-state index in [-0.39, 0.29) is 17.9 Å². The number of aliphatic carboxylic acids is 1. The van der Waals surface area contributed by atoms with Crippen LogP contribution in [0.5, 0.6) is 0 Å². The Morgan fingerprint density at radius 1 is 1.53 bits per heavy atom. The molecule has 1 aliphatic rings. The summed E-state index contributed by atoms with van der Waals surface area (Å²) in [4.78, 5) is 24.9.